The molecule has 21 heavy (non-hydrogen) atoms. The number of nitrogens with two attached hydrogens (primary N) is 1. The Morgan fingerprint density at radius 1 is 1.00 bits per heavy atom. The van der Waals surface area contributed by atoms with Crippen LogP contribution in [0.15, 0.2) is 30.6 Å². The summed E-state index contributed by atoms with van der Waals surface area (Å²) in [6.45, 7) is 8.25. The molecule has 2 aromatic rings. The normalized spacial score (nSPS) is 15.3. The van der Waals surface area contributed by atoms with Gasteiger partial charge in [0.2, 0.25) is 0 Å². The van der Waals surface area contributed by atoms with Crippen LogP contribution in [0.5, 0.6) is 0 Å². The standard InChI is InChI=1S/C16H21N5/c1-12-4-3-5-14(13(12)2)20-6-8-21(9-7-20)16-10-15(17)18-11-19-16/h3-5,10-11H,6-9H2,1-2H3,(H2,17,18,19). The lowest BCUT2D eigenvalue weighted by atomic mass is 10.1. The molecule has 2 heterocycles. The summed E-state index contributed by atoms with van der Waals surface area (Å²) in [5.41, 5.74) is 9.79. The third-order valence-corrected chi connectivity index (χ3v) is 4.19. The van der Waals surface area contributed by atoms with Crippen LogP contribution in [-0.2, 0) is 0 Å². The van der Waals surface area contributed by atoms with E-state index in [1.807, 2.05) is 6.07 Å². The third-order valence-electron chi connectivity index (χ3n) is 4.19. The minimum atomic E-state index is 0.525. The number of hydrogen-bond acceptors (Lipinski definition) is 5. The van der Waals surface area contributed by atoms with Gasteiger partial charge in [-0.3, -0.25) is 0 Å². The Morgan fingerprint density at radius 2 is 1.71 bits per heavy atom. The summed E-state index contributed by atoms with van der Waals surface area (Å²) in [6, 6.07) is 8.35. The van der Waals surface area contributed by atoms with Crippen LogP contribution in [0.25, 0.3) is 0 Å². The van der Waals surface area contributed by atoms with Crippen LogP contribution >= 0.6 is 0 Å². The number of aryl methyl sites for hydroxylation is 1. The molecule has 3 rings (SSSR count). The minimum Gasteiger partial charge on any atom is -0.384 e. The number of nitrogen functional groups attached to an aromatic ring is 1. The molecule has 1 aliphatic rings. The van der Waals surface area contributed by atoms with Gasteiger partial charge in [0.05, 0.1) is 0 Å². The Labute approximate surface area is 125 Å². The molecule has 0 bridgehead atoms. The smallest absolute Gasteiger partial charge is 0.134 e. The quantitative estimate of drug-likeness (QED) is 0.913. The van der Waals surface area contributed by atoms with Gasteiger partial charge >= 0.3 is 0 Å². The van der Waals surface area contributed by atoms with Gasteiger partial charge in [0.1, 0.15) is 18.0 Å². The van der Waals surface area contributed by atoms with Crippen molar-refractivity contribution < 1.29 is 0 Å². The van der Waals surface area contributed by atoms with Crippen molar-refractivity contribution in [1.29, 1.82) is 0 Å². The largest absolute Gasteiger partial charge is 0.384 e. The Morgan fingerprint density at radius 3 is 2.43 bits per heavy atom. The lowest BCUT2D eigenvalue weighted by molar-refractivity contribution is 0.645. The molecule has 1 aliphatic heterocycles. The van der Waals surface area contributed by atoms with Gasteiger partial charge in [-0.25, -0.2) is 9.97 Å². The molecule has 0 unspecified atom stereocenters. The molecule has 0 aliphatic carbocycles. The molecule has 0 spiro atoms. The molecule has 1 aromatic heterocycles. The number of nitrogens with zero attached hydrogens (tertiary/aromatic N) is 4. The second-order valence-corrected chi connectivity index (χ2v) is 5.49. The Balaban J connectivity index is 1.72. The molecule has 5 heteroatoms. The van der Waals surface area contributed by atoms with Crippen LogP contribution in [-0.4, -0.2) is 36.1 Å². The van der Waals surface area contributed by atoms with Crippen molar-refractivity contribution >= 4 is 17.3 Å². The number of hydrogen-bond donors (Lipinski definition) is 1. The van der Waals surface area contributed by atoms with E-state index in [0.29, 0.717) is 5.82 Å². The molecule has 0 saturated carbocycles. The topological polar surface area (TPSA) is 58.3 Å². The summed E-state index contributed by atoms with van der Waals surface area (Å²) in [5, 5.41) is 0. The van der Waals surface area contributed by atoms with E-state index >= 15 is 0 Å². The maximum absolute atomic E-state index is 5.73. The van der Waals surface area contributed by atoms with Crippen molar-refractivity contribution in [2.75, 3.05) is 41.7 Å². The molecular weight excluding hydrogens is 262 g/mol. The fraction of sp³-hybridized carbons (Fsp3) is 0.375. The number of rotatable bonds is 2. The second kappa shape index (κ2) is 5.60. The molecule has 0 amide bonds. The van der Waals surface area contributed by atoms with Crippen molar-refractivity contribution in [1.82, 2.24) is 9.97 Å². The fourth-order valence-corrected chi connectivity index (χ4v) is 2.79. The first-order valence-electron chi connectivity index (χ1n) is 7.29. The van der Waals surface area contributed by atoms with E-state index in [1.54, 1.807) is 0 Å². The van der Waals surface area contributed by atoms with E-state index in [-0.39, 0.29) is 0 Å². The van der Waals surface area contributed by atoms with E-state index in [4.69, 9.17) is 5.73 Å². The van der Waals surface area contributed by atoms with E-state index in [9.17, 15) is 0 Å². The average molecular weight is 283 g/mol. The molecule has 0 atom stereocenters. The Hall–Kier alpha value is -2.30. The van der Waals surface area contributed by atoms with Crippen LogP contribution in [0, 0.1) is 13.8 Å². The highest BCUT2D eigenvalue weighted by atomic mass is 15.3. The first kappa shape index (κ1) is 13.7. The van der Waals surface area contributed by atoms with Crippen LogP contribution in [0.1, 0.15) is 11.1 Å². The van der Waals surface area contributed by atoms with E-state index < -0.39 is 0 Å². The molecule has 0 radical (unpaired) electrons. The third kappa shape index (κ3) is 2.77. The summed E-state index contributed by atoms with van der Waals surface area (Å²) in [6.07, 6.45) is 1.53. The summed E-state index contributed by atoms with van der Waals surface area (Å²) in [7, 11) is 0. The zero-order chi connectivity index (χ0) is 14.8. The second-order valence-electron chi connectivity index (χ2n) is 5.49. The van der Waals surface area contributed by atoms with E-state index in [2.05, 4.69) is 51.8 Å². The van der Waals surface area contributed by atoms with Crippen molar-refractivity contribution in [3.05, 3.63) is 41.7 Å². The fourth-order valence-electron chi connectivity index (χ4n) is 2.79. The zero-order valence-electron chi connectivity index (χ0n) is 12.6. The summed E-state index contributed by atoms with van der Waals surface area (Å²) >= 11 is 0. The van der Waals surface area contributed by atoms with Gasteiger partial charge in [-0.15, -0.1) is 0 Å². The van der Waals surface area contributed by atoms with Crippen LogP contribution in [0.2, 0.25) is 0 Å². The number of anilines is 3. The molecule has 110 valence electrons. The number of piperazine rings is 1. The zero-order valence-corrected chi connectivity index (χ0v) is 12.6. The average Bonchev–Trinajstić information content (AvgIpc) is 2.50. The van der Waals surface area contributed by atoms with Crippen LogP contribution in [0.4, 0.5) is 17.3 Å². The lowest BCUT2D eigenvalue weighted by Gasteiger charge is -2.37. The van der Waals surface area contributed by atoms with Gasteiger partial charge < -0.3 is 15.5 Å². The highest BCUT2D eigenvalue weighted by molar-refractivity contribution is 5.57. The van der Waals surface area contributed by atoms with Crippen LogP contribution < -0.4 is 15.5 Å². The predicted octanol–water partition coefficient (Wildman–Crippen LogP) is 2.00. The Kier molecular flexibility index (Phi) is 3.64. The molecule has 2 N–H and O–H groups in total. The SMILES string of the molecule is Cc1cccc(N2CCN(c3cc(N)ncn3)CC2)c1C. The monoisotopic (exact) mass is 283 g/mol. The van der Waals surface area contributed by atoms with Crippen molar-refractivity contribution in [2.24, 2.45) is 0 Å². The summed E-state index contributed by atoms with van der Waals surface area (Å²) in [4.78, 5) is 13.0. The van der Waals surface area contributed by atoms with Crippen molar-refractivity contribution in [2.45, 2.75) is 13.8 Å². The minimum absolute atomic E-state index is 0.525. The van der Waals surface area contributed by atoms with Crippen molar-refractivity contribution in [3.63, 3.8) is 0 Å². The van der Waals surface area contributed by atoms with Gasteiger partial charge in [-0.05, 0) is 31.0 Å². The highest BCUT2D eigenvalue weighted by Gasteiger charge is 2.19. The maximum atomic E-state index is 5.73. The molecule has 5 nitrogen and oxygen atoms in total. The molecule has 1 fully saturated rings. The molecule has 1 aromatic carbocycles. The van der Waals surface area contributed by atoms with E-state index in [1.165, 1.54) is 23.1 Å². The van der Waals surface area contributed by atoms with E-state index in [0.717, 1.165) is 32.0 Å². The number of aromatic nitrogens is 2. The first-order chi connectivity index (χ1) is 10.1. The first-order valence-corrected chi connectivity index (χ1v) is 7.29. The van der Waals surface area contributed by atoms with Gasteiger partial charge in [0.25, 0.3) is 0 Å². The van der Waals surface area contributed by atoms with Gasteiger partial charge in [0, 0.05) is 37.9 Å². The van der Waals surface area contributed by atoms with Gasteiger partial charge in [-0.1, -0.05) is 12.1 Å². The Bertz CT molecular complexity index is 632. The number of benzene rings is 1. The van der Waals surface area contributed by atoms with Gasteiger partial charge in [-0.2, -0.15) is 0 Å². The predicted molar refractivity (Wildman–Crippen MR) is 86.8 cm³/mol. The maximum Gasteiger partial charge on any atom is 0.134 e. The molecule has 1 saturated heterocycles. The van der Waals surface area contributed by atoms with Gasteiger partial charge in [0.15, 0.2) is 0 Å². The lowest BCUT2D eigenvalue weighted by Crippen LogP contribution is -2.47. The highest BCUT2D eigenvalue weighted by Crippen LogP contribution is 2.25. The van der Waals surface area contributed by atoms with Crippen molar-refractivity contribution in [3.8, 4) is 0 Å². The molecular formula is C16H21N5. The summed E-state index contributed by atoms with van der Waals surface area (Å²) in [5.74, 6) is 1.44. The van der Waals surface area contributed by atoms with Crippen LogP contribution in [0.3, 0.4) is 0 Å². The summed E-state index contributed by atoms with van der Waals surface area (Å²) < 4.78 is 0.